The van der Waals surface area contributed by atoms with Gasteiger partial charge >= 0.3 is 0 Å². The van der Waals surface area contributed by atoms with E-state index in [2.05, 4.69) is 11.9 Å². The fraction of sp³-hybridized carbons (Fsp3) is 0.455. The van der Waals surface area contributed by atoms with Crippen molar-refractivity contribution >= 4 is 5.91 Å². The second-order valence-corrected chi connectivity index (χ2v) is 4.00. The summed E-state index contributed by atoms with van der Waals surface area (Å²) in [7, 11) is 0. The Bertz CT molecular complexity index is 381. The molecule has 1 atom stereocenters. The van der Waals surface area contributed by atoms with Crippen molar-refractivity contribution in [1.82, 2.24) is 9.88 Å². The largest absolute Gasteiger partial charge is 0.338 e. The van der Waals surface area contributed by atoms with Crippen molar-refractivity contribution in [3.05, 3.63) is 29.8 Å². The summed E-state index contributed by atoms with van der Waals surface area (Å²) in [5.41, 5.74) is 0.124. The maximum atomic E-state index is 13.3. The van der Waals surface area contributed by atoms with Gasteiger partial charge in [0.15, 0.2) is 5.82 Å². The minimum absolute atomic E-state index is 0.124. The predicted octanol–water partition coefficient (Wildman–Crippen LogP) is 1.70. The molecule has 1 aromatic rings. The number of nitrogens with zero attached hydrogens (tertiary/aromatic N) is 2. The van der Waals surface area contributed by atoms with Gasteiger partial charge in [-0.1, -0.05) is 6.92 Å². The topological polar surface area (TPSA) is 33.2 Å². The number of aromatic nitrogens is 1. The lowest BCUT2D eigenvalue weighted by molar-refractivity contribution is 0.0783. The molecule has 1 fully saturated rings. The van der Waals surface area contributed by atoms with Gasteiger partial charge in [0.2, 0.25) is 0 Å². The number of rotatable bonds is 1. The molecule has 1 aliphatic heterocycles. The maximum absolute atomic E-state index is 13.3. The van der Waals surface area contributed by atoms with Crippen LogP contribution in [0.4, 0.5) is 4.39 Å². The summed E-state index contributed by atoms with van der Waals surface area (Å²) in [4.78, 5) is 17.2. The van der Waals surface area contributed by atoms with E-state index in [1.807, 2.05) is 0 Å². The quantitative estimate of drug-likeness (QED) is 0.703. The normalized spacial score (nSPS) is 20.7. The van der Waals surface area contributed by atoms with Crippen LogP contribution < -0.4 is 0 Å². The van der Waals surface area contributed by atoms with Crippen LogP contribution in [0.3, 0.4) is 0 Å². The molecular weight excluding hydrogens is 195 g/mol. The van der Waals surface area contributed by atoms with Gasteiger partial charge < -0.3 is 4.90 Å². The van der Waals surface area contributed by atoms with Crippen molar-refractivity contribution in [2.24, 2.45) is 5.92 Å². The van der Waals surface area contributed by atoms with Crippen LogP contribution in [0.2, 0.25) is 0 Å². The van der Waals surface area contributed by atoms with E-state index in [0.29, 0.717) is 5.92 Å². The predicted molar refractivity (Wildman–Crippen MR) is 53.9 cm³/mol. The van der Waals surface area contributed by atoms with E-state index in [0.717, 1.165) is 25.7 Å². The zero-order chi connectivity index (χ0) is 10.8. The molecule has 15 heavy (non-hydrogen) atoms. The highest BCUT2D eigenvalue weighted by Gasteiger charge is 2.25. The van der Waals surface area contributed by atoms with E-state index in [4.69, 9.17) is 0 Å². The van der Waals surface area contributed by atoms with Gasteiger partial charge in [-0.3, -0.25) is 9.78 Å². The lowest BCUT2D eigenvalue weighted by atomic mass is 10.2. The Kier molecular flexibility index (Phi) is 2.66. The van der Waals surface area contributed by atoms with E-state index in [1.165, 1.54) is 12.3 Å². The summed E-state index contributed by atoms with van der Waals surface area (Å²) in [5, 5.41) is 0. The van der Waals surface area contributed by atoms with Gasteiger partial charge in [-0.25, -0.2) is 4.39 Å². The van der Waals surface area contributed by atoms with Crippen LogP contribution in [-0.4, -0.2) is 28.9 Å². The van der Waals surface area contributed by atoms with Gasteiger partial charge in [-0.2, -0.15) is 0 Å². The average Bonchev–Trinajstić information content (AvgIpc) is 2.65. The van der Waals surface area contributed by atoms with E-state index < -0.39 is 5.82 Å². The van der Waals surface area contributed by atoms with Crippen LogP contribution in [0, 0.1) is 11.7 Å². The molecule has 1 aromatic heterocycles. The summed E-state index contributed by atoms with van der Waals surface area (Å²) < 4.78 is 13.3. The first-order valence-electron chi connectivity index (χ1n) is 5.07. The first-order chi connectivity index (χ1) is 7.18. The Morgan fingerprint density at radius 3 is 3.07 bits per heavy atom. The van der Waals surface area contributed by atoms with Crippen LogP contribution in [0.1, 0.15) is 23.7 Å². The maximum Gasteiger partial charge on any atom is 0.256 e. The first kappa shape index (κ1) is 10.1. The first-order valence-corrected chi connectivity index (χ1v) is 5.07. The van der Waals surface area contributed by atoms with Crippen molar-refractivity contribution in [3.8, 4) is 0 Å². The average molecular weight is 208 g/mol. The van der Waals surface area contributed by atoms with Gasteiger partial charge in [0.25, 0.3) is 5.91 Å². The molecule has 1 saturated heterocycles. The number of carbonyl (C=O) groups is 1. The summed E-state index contributed by atoms with van der Waals surface area (Å²) in [6, 6.07) is 1.43. The van der Waals surface area contributed by atoms with Crippen LogP contribution in [0.15, 0.2) is 18.5 Å². The molecule has 0 saturated carbocycles. The summed E-state index contributed by atoms with van der Waals surface area (Å²) in [5.74, 6) is -0.250. The fourth-order valence-electron chi connectivity index (χ4n) is 1.84. The van der Waals surface area contributed by atoms with Crippen LogP contribution in [0.5, 0.6) is 0 Å². The number of hydrogen-bond acceptors (Lipinski definition) is 2. The lowest BCUT2D eigenvalue weighted by Crippen LogP contribution is -2.29. The molecule has 1 unspecified atom stereocenters. The van der Waals surface area contributed by atoms with Gasteiger partial charge in [0.1, 0.15) is 0 Å². The minimum atomic E-state index is -0.540. The number of halogens is 1. The minimum Gasteiger partial charge on any atom is -0.338 e. The standard InChI is InChI=1S/C11H13FN2O/c1-8-3-5-14(7-8)11(15)9-2-4-13-6-10(9)12/h2,4,6,8H,3,5,7H2,1H3. The zero-order valence-electron chi connectivity index (χ0n) is 8.61. The van der Waals surface area contributed by atoms with Crippen molar-refractivity contribution in [2.75, 3.05) is 13.1 Å². The van der Waals surface area contributed by atoms with E-state index in [-0.39, 0.29) is 11.5 Å². The Morgan fingerprint density at radius 2 is 2.47 bits per heavy atom. The highest BCUT2D eigenvalue weighted by Crippen LogP contribution is 2.18. The monoisotopic (exact) mass is 208 g/mol. The lowest BCUT2D eigenvalue weighted by Gasteiger charge is -2.15. The third kappa shape index (κ3) is 1.98. The van der Waals surface area contributed by atoms with Gasteiger partial charge in [-0.15, -0.1) is 0 Å². The molecule has 2 heterocycles. The third-order valence-electron chi connectivity index (χ3n) is 2.71. The van der Waals surface area contributed by atoms with Crippen LogP contribution in [-0.2, 0) is 0 Å². The molecule has 0 aromatic carbocycles. The number of amides is 1. The van der Waals surface area contributed by atoms with E-state index in [9.17, 15) is 9.18 Å². The molecule has 0 radical (unpaired) electrons. The Morgan fingerprint density at radius 1 is 1.67 bits per heavy atom. The molecule has 1 aliphatic rings. The molecule has 2 rings (SSSR count). The highest BCUT2D eigenvalue weighted by molar-refractivity contribution is 5.94. The zero-order valence-corrected chi connectivity index (χ0v) is 8.61. The van der Waals surface area contributed by atoms with Crippen molar-refractivity contribution in [1.29, 1.82) is 0 Å². The number of likely N-dealkylation sites (tertiary alicyclic amines) is 1. The molecule has 0 spiro atoms. The number of carbonyl (C=O) groups excluding carboxylic acids is 1. The molecule has 0 bridgehead atoms. The summed E-state index contributed by atoms with van der Waals surface area (Å²) in [6.45, 7) is 3.54. The summed E-state index contributed by atoms with van der Waals surface area (Å²) in [6.07, 6.45) is 3.51. The Labute approximate surface area is 87.9 Å². The molecule has 0 N–H and O–H groups in total. The molecule has 1 amide bonds. The van der Waals surface area contributed by atoms with E-state index >= 15 is 0 Å². The van der Waals surface area contributed by atoms with Gasteiger partial charge in [0.05, 0.1) is 11.8 Å². The highest BCUT2D eigenvalue weighted by atomic mass is 19.1. The Balaban J connectivity index is 2.18. The molecule has 4 heteroatoms. The fourth-order valence-corrected chi connectivity index (χ4v) is 1.84. The van der Waals surface area contributed by atoms with Crippen molar-refractivity contribution in [2.45, 2.75) is 13.3 Å². The second-order valence-electron chi connectivity index (χ2n) is 4.00. The SMILES string of the molecule is CC1CCN(C(=O)c2ccncc2F)C1. The van der Waals surface area contributed by atoms with Crippen LogP contribution >= 0.6 is 0 Å². The van der Waals surface area contributed by atoms with Crippen molar-refractivity contribution in [3.63, 3.8) is 0 Å². The van der Waals surface area contributed by atoms with Gasteiger partial charge in [-0.05, 0) is 18.4 Å². The number of hydrogen-bond donors (Lipinski definition) is 0. The summed E-state index contributed by atoms with van der Waals surface area (Å²) >= 11 is 0. The third-order valence-corrected chi connectivity index (χ3v) is 2.71. The second kappa shape index (κ2) is 3.96. The molecular formula is C11H13FN2O. The van der Waals surface area contributed by atoms with Crippen molar-refractivity contribution < 1.29 is 9.18 Å². The molecule has 0 aliphatic carbocycles. The molecule has 80 valence electrons. The Hall–Kier alpha value is -1.45. The molecule has 3 nitrogen and oxygen atoms in total. The van der Waals surface area contributed by atoms with Crippen LogP contribution in [0.25, 0.3) is 0 Å². The number of pyridine rings is 1. The van der Waals surface area contributed by atoms with E-state index in [1.54, 1.807) is 4.90 Å². The smallest absolute Gasteiger partial charge is 0.256 e. The van der Waals surface area contributed by atoms with Gasteiger partial charge in [0, 0.05) is 19.3 Å².